The molecule has 3 nitrogen and oxygen atoms in total. The van der Waals surface area contributed by atoms with Crippen LogP contribution in [-0.4, -0.2) is 36.2 Å². The highest BCUT2D eigenvalue weighted by atomic mass is 16.5. The summed E-state index contributed by atoms with van der Waals surface area (Å²) < 4.78 is 5.78. The highest BCUT2D eigenvalue weighted by Gasteiger charge is 2.35. The van der Waals surface area contributed by atoms with Crippen molar-refractivity contribution < 1.29 is 4.74 Å². The van der Waals surface area contributed by atoms with Crippen molar-refractivity contribution in [3.05, 3.63) is 0 Å². The van der Waals surface area contributed by atoms with Crippen LogP contribution in [0.2, 0.25) is 0 Å². The van der Waals surface area contributed by atoms with Crippen molar-refractivity contribution in [2.75, 3.05) is 13.1 Å². The minimum Gasteiger partial charge on any atom is -0.372 e. The van der Waals surface area contributed by atoms with Crippen molar-refractivity contribution in [1.82, 2.24) is 4.90 Å². The van der Waals surface area contributed by atoms with Crippen LogP contribution in [0, 0.1) is 11.3 Å². The molecule has 14 heavy (non-hydrogen) atoms. The molecular formula is C11H18N2O. The Morgan fingerprint density at radius 3 is 2.57 bits per heavy atom. The highest BCUT2D eigenvalue weighted by molar-refractivity contribution is 4.90. The van der Waals surface area contributed by atoms with Crippen molar-refractivity contribution in [1.29, 1.82) is 5.26 Å². The van der Waals surface area contributed by atoms with Gasteiger partial charge in [-0.25, -0.2) is 0 Å². The molecule has 78 valence electrons. The maximum Gasteiger partial charge on any atom is 0.0707 e. The second-order valence-electron chi connectivity index (χ2n) is 4.34. The van der Waals surface area contributed by atoms with Gasteiger partial charge in [-0.3, -0.25) is 4.90 Å². The van der Waals surface area contributed by atoms with E-state index in [-0.39, 0.29) is 0 Å². The molecule has 2 fully saturated rings. The van der Waals surface area contributed by atoms with Gasteiger partial charge < -0.3 is 4.74 Å². The van der Waals surface area contributed by atoms with E-state index in [1.165, 1.54) is 12.8 Å². The van der Waals surface area contributed by atoms with E-state index in [0.29, 0.717) is 24.7 Å². The molecule has 2 rings (SSSR count). The minimum absolute atomic E-state index is 0.446. The van der Waals surface area contributed by atoms with Gasteiger partial charge in [0.25, 0.3) is 0 Å². The Bertz CT molecular complexity index is 224. The fourth-order valence-electron chi connectivity index (χ4n) is 2.58. The van der Waals surface area contributed by atoms with E-state index in [2.05, 4.69) is 17.9 Å². The standard InChI is InChI=1S/C11H18N2O/c1-2-9(5-6-12)13-7-10-3-4-11(8-13)14-10/h9-11H,2-5,7-8H2,1H3. The number of nitrogens with zero attached hydrogens (tertiary/aromatic N) is 2. The van der Waals surface area contributed by atoms with Crippen LogP contribution in [0.4, 0.5) is 0 Å². The Labute approximate surface area is 85.6 Å². The molecule has 0 aromatic rings. The molecule has 0 radical (unpaired) electrons. The number of hydrogen-bond donors (Lipinski definition) is 0. The third kappa shape index (κ3) is 1.92. The summed E-state index contributed by atoms with van der Waals surface area (Å²) in [5, 5.41) is 8.74. The number of likely N-dealkylation sites (tertiary alicyclic amines) is 1. The van der Waals surface area contributed by atoms with Crippen molar-refractivity contribution in [3.8, 4) is 6.07 Å². The van der Waals surface area contributed by atoms with E-state index >= 15 is 0 Å². The summed E-state index contributed by atoms with van der Waals surface area (Å²) in [6.07, 6.45) is 5.06. The fourth-order valence-corrected chi connectivity index (χ4v) is 2.58. The average molecular weight is 194 g/mol. The van der Waals surface area contributed by atoms with Gasteiger partial charge in [-0.15, -0.1) is 0 Å². The van der Waals surface area contributed by atoms with Crippen molar-refractivity contribution in [3.63, 3.8) is 0 Å². The maximum atomic E-state index is 8.74. The van der Waals surface area contributed by atoms with E-state index in [1.54, 1.807) is 0 Å². The van der Waals surface area contributed by atoms with Crippen LogP contribution in [0.15, 0.2) is 0 Å². The summed E-state index contributed by atoms with van der Waals surface area (Å²) in [4.78, 5) is 2.45. The molecule has 3 unspecified atom stereocenters. The zero-order valence-electron chi connectivity index (χ0n) is 8.78. The predicted octanol–water partition coefficient (Wildman–Crippen LogP) is 1.54. The van der Waals surface area contributed by atoms with Gasteiger partial charge in [-0.1, -0.05) is 6.92 Å². The summed E-state index contributed by atoms with van der Waals surface area (Å²) in [5.41, 5.74) is 0. The monoisotopic (exact) mass is 194 g/mol. The SMILES string of the molecule is CCC(CC#N)N1CC2CCC(C1)O2. The van der Waals surface area contributed by atoms with Gasteiger partial charge >= 0.3 is 0 Å². The first-order valence-electron chi connectivity index (χ1n) is 5.60. The lowest BCUT2D eigenvalue weighted by Crippen LogP contribution is -2.47. The zero-order chi connectivity index (χ0) is 9.97. The Kier molecular flexibility index (Phi) is 3.05. The van der Waals surface area contributed by atoms with Gasteiger partial charge in [-0.2, -0.15) is 5.26 Å². The minimum atomic E-state index is 0.446. The molecule has 2 saturated heterocycles. The maximum absolute atomic E-state index is 8.74. The molecule has 2 aliphatic rings. The molecule has 0 N–H and O–H groups in total. The van der Waals surface area contributed by atoms with E-state index in [0.717, 1.165) is 19.5 Å². The number of rotatable bonds is 3. The van der Waals surface area contributed by atoms with Crippen LogP contribution in [0.1, 0.15) is 32.6 Å². The molecule has 2 bridgehead atoms. The zero-order valence-corrected chi connectivity index (χ0v) is 8.78. The van der Waals surface area contributed by atoms with Gasteiger partial charge in [-0.05, 0) is 19.3 Å². The first-order valence-corrected chi connectivity index (χ1v) is 5.60. The lowest BCUT2D eigenvalue weighted by molar-refractivity contribution is -0.0525. The Morgan fingerprint density at radius 2 is 2.07 bits per heavy atom. The predicted molar refractivity (Wildman–Crippen MR) is 53.8 cm³/mol. The molecule has 2 heterocycles. The molecule has 3 atom stereocenters. The second kappa shape index (κ2) is 4.29. The van der Waals surface area contributed by atoms with Gasteiger partial charge in [0.05, 0.1) is 24.7 Å². The van der Waals surface area contributed by atoms with Crippen molar-refractivity contribution in [2.24, 2.45) is 0 Å². The second-order valence-corrected chi connectivity index (χ2v) is 4.34. The highest BCUT2D eigenvalue weighted by Crippen LogP contribution is 2.28. The number of hydrogen-bond acceptors (Lipinski definition) is 3. The number of nitriles is 1. The lowest BCUT2D eigenvalue weighted by Gasteiger charge is -2.36. The first-order chi connectivity index (χ1) is 6.83. The molecule has 0 amide bonds. The van der Waals surface area contributed by atoms with Gasteiger partial charge in [0.15, 0.2) is 0 Å². The summed E-state index contributed by atoms with van der Waals surface area (Å²) in [5.74, 6) is 0. The van der Waals surface area contributed by atoms with Gasteiger partial charge in [0, 0.05) is 19.1 Å². The molecular weight excluding hydrogens is 176 g/mol. The molecule has 0 aromatic heterocycles. The van der Waals surface area contributed by atoms with E-state index in [1.807, 2.05) is 0 Å². The Balaban J connectivity index is 1.94. The molecule has 3 heteroatoms. The normalized spacial score (nSPS) is 34.0. The van der Waals surface area contributed by atoms with Crippen molar-refractivity contribution >= 4 is 0 Å². The summed E-state index contributed by atoms with van der Waals surface area (Å²) >= 11 is 0. The topological polar surface area (TPSA) is 36.3 Å². The van der Waals surface area contributed by atoms with Gasteiger partial charge in [0.2, 0.25) is 0 Å². The van der Waals surface area contributed by atoms with Crippen LogP contribution in [0.3, 0.4) is 0 Å². The van der Waals surface area contributed by atoms with Crippen molar-refractivity contribution in [2.45, 2.75) is 50.9 Å². The van der Waals surface area contributed by atoms with Gasteiger partial charge in [0.1, 0.15) is 0 Å². The van der Waals surface area contributed by atoms with Crippen LogP contribution in [0.25, 0.3) is 0 Å². The largest absolute Gasteiger partial charge is 0.372 e. The number of morpholine rings is 1. The molecule has 0 spiro atoms. The lowest BCUT2D eigenvalue weighted by atomic mass is 10.1. The van der Waals surface area contributed by atoms with Crippen LogP contribution in [-0.2, 0) is 4.74 Å². The van der Waals surface area contributed by atoms with E-state index < -0.39 is 0 Å². The third-order valence-electron chi connectivity index (χ3n) is 3.39. The summed E-state index contributed by atoms with van der Waals surface area (Å²) in [6, 6.07) is 2.73. The van der Waals surface area contributed by atoms with Crippen LogP contribution >= 0.6 is 0 Å². The smallest absolute Gasteiger partial charge is 0.0707 e. The molecule has 0 aromatic carbocycles. The first kappa shape index (κ1) is 9.95. The third-order valence-corrected chi connectivity index (χ3v) is 3.39. The Hall–Kier alpha value is -0.590. The Morgan fingerprint density at radius 1 is 1.43 bits per heavy atom. The summed E-state index contributed by atoms with van der Waals surface area (Å²) in [7, 11) is 0. The van der Waals surface area contributed by atoms with E-state index in [4.69, 9.17) is 10.00 Å². The van der Waals surface area contributed by atoms with Crippen LogP contribution < -0.4 is 0 Å². The van der Waals surface area contributed by atoms with Crippen LogP contribution in [0.5, 0.6) is 0 Å². The number of fused-ring (bicyclic) bond motifs is 2. The average Bonchev–Trinajstić information content (AvgIpc) is 2.54. The molecule has 0 saturated carbocycles. The quantitative estimate of drug-likeness (QED) is 0.683. The fraction of sp³-hybridized carbons (Fsp3) is 0.909. The number of ether oxygens (including phenoxy) is 1. The van der Waals surface area contributed by atoms with E-state index in [9.17, 15) is 0 Å². The molecule has 2 aliphatic heterocycles. The molecule has 0 aliphatic carbocycles. The summed E-state index contributed by atoms with van der Waals surface area (Å²) in [6.45, 7) is 4.24.